The number of sulfonamides is 1. The van der Waals surface area contributed by atoms with Crippen LogP contribution in [0.3, 0.4) is 0 Å². The summed E-state index contributed by atoms with van der Waals surface area (Å²) < 4.78 is 22.1. The molecule has 0 bridgehead atoms. The minimum absolute atomic E-state index is 0.165. The molecule has 1 atom stereocenters. The van der Waals surface area contributed by atoms with Crippen LogP contribution in [0.2, 0.25) is 0 Å². The summed E-state index contributed by atoms with van der Waals surface area (Å²) in [5.74, 6) is 0. The predicted molar refractivity (Wildman–Crippen MR) is 54.6 cm³/mol. The Balaban J connectivity index is 2.48. The molecule has 0 aliphatic carbocycles. The zero-order valence-electron chi connectivity index (χ0n) is 7.82. The molecular weight excluding hydrogens is 200 g/mol. The standard InChI is InChI=1S/C9H12N2O2S/c1-6-4-7-2-3-8(14(10,12)13)5-9(7)11-6/h2-3,5-6,11H,4H2,1H3,(H2,10,12,13)/t6-/m1/s1. The fourth-order valence-corrected chi connectivity index (χ4v) is 2.23. The van der Waals surface area contributed by atoms with E-state index in [4.69, 9.17) is 5.14 Å². The molecule has 76 valence electrons. The van der Waals surface area contributed by atoms with Crippen LogP contribution in [0.25, 0.3) is 0 Å². The van der Waals surface area contributed by atoms with Crippen LogP contribution in [0.5, 0.6) is 0 Å². The van der Waals surface area contributed by atoms with E-state index in [1.807, 2.05) is 6.07 Å². The van der Waals surface area contributed by atoms with Gasteiger partial charge in [0.25, 0.3) is 0 Å². The Morgan fingerprint density at radius 1 is 1.50 bits per heavy atom. The molecule has 0 unspecified atom stereocenters. The van der Waals surface area contributed by atoms with Gasteiger partial charge in [0.05, 0.1) is 4.90 Å². The summed E-state index contributed by atoms with van der Waals surface area (Å²) in [6.07, 6.45) is 0.931. The molecule has 0 aromatic heterocycles. The quantitative estimate of drug-likeness (QED) is 0.719. The van der Waals surface area contributed by atoms with Crippen molar-refractivity contribution in [3.8, 4) is 0 Å². The van der Waals surface area contributed by atoms with Crippen LogP contribution in [-0.2, 0) is 16.4 Å². The molecule has 2 rings (SSSR count). The van der Waals surface area contributed by atoms with Crippen molar-refractivity contribution in [1.29, 1.82) is 0 Å². The zero-order chi connectivity index (χ0) is 10.3. The molecule has 5 heteroatoms. The van der Waals surface area contributed by atoms with E-state index < -0.39 is 10.0 Å². The molecule has 3 N–H and O–H groups in total. The molecular formula is C9H12N2O2S. The lowest BCUT2D eigenvalue weighted by molar-refractivity contribution is 0.598. The number of nitrogens with two attached hydrogens (primary N) is 1. The van der Waals surface area contributed by atoms with Crippen molar-refractivity contribution < 1.29 is 8.42 Å². The van der Waals surface area contributed by atoms with Gasteiger partial charge in [-0.15, -0.1) is 0 Å². The maximum absolute atomic E-state index is 11.1. The molecule has 4 nitrogen and oxygen atoms in total. The molecule has 1 aliphatic heterocycles. The molecule has 1 aliphatic rings. The van der Waals surface area contributed by atoms with E-state index in [1.165, 1.54) is 0 Å². The monoisotopic (exact) mass is 212 g/mol. The third-order valence-electron chi connectivity index (χ3n) is 2.34. The Labute approximate surface area is 83.2 Å². The van der Waals surface area contributed by atoms with Gasteiger partial charge in [-0.25, -0.2) is 13.6 Å². The Morgan fingerprint density at radius 3 is 2.86 bits per heavy atom. The number of hydrogen-bond acceptors (Lipinski definition) is 3. The van der Waals surface area contributed by atoms with Gasteiger partial charge in [0.1, 0.15) is 0 Å². The van der Waals surface area contributed by atoms with E-state index in [2.05, 4.69) is 12.2 Å². The van der Waals surface area contributed by atoms with Gasteiger partial charge in [-0.05, 0) is 31.0 Å². The largest absolute Gasteiger partial charge is 0.382 e. The third kappa shape index (κ3) is 1.60. The topological polar surface area (TPSA) is 72.2 Å². The van der Waals surface area contributed by atoms with Crippen molar-refractivity contribution in [2.24, 2.45) is 5.14 Å². The molecule has 1 heterocycles. The highest BCUT2D eigenvalue weighted by atomic mass is 32.2. The van der Waals surface area contributed by atoms with Crippen LogP contribution in [0.1, 0.15) is 12.5 Å². The Bertz CT molecular complexity index is 468. The number of fused-ring (bicyclic) bond motifs is 1. The summed E-state index contributed by atoms with van der Waals surface area (Å²) in [5.41, 5.74) is 2.02. The molecule has 0 saturated heterocycles. The van der Waals surface area contributed by atoms with Crippen molar-refractivity contribution >= 4 is 15.7 Å². The molecule has 1 aromatic rings. The Kier molecular flexibility index (Phi) is 2.01. The van der Waals surface area contributed by atoms with E-state index in [0.29, 0.717) is 6.04 Å². The second-order valence-electron chi connectivity index (χ2n) is 3.61. The van der Waals surface area contributed by atoms with Gasteiger partial charge in [-0.1, -0.05) is 6.07 Å². The smallest absolute Gasteiger partial charge is 0.238 e. The van der Waals surface area contributed by atoms with E-state index in [0.717, 1.165) is 17.7 Å². The Morgan fingerprint density at radius 2 is 2.21 bits per heavy atom. The van der Waals surface area contributed by atoms with Crippen LogP contribution in [0.15, 0.2) is 23.1 Å². The van der Waals surface area contributed by atoms with Crippen LogP contribution in [-0.4, -0.2) is 14.5 Å². The lowest BCUT2D eigenvalue weighted by Crippen LogP contribution is -2.12. The highest BCUT2D eigenvalue weighted by Gasteiger charge is 2.18. The first-order valence-electron chi connectivity index (χ1n) is 4.39. The summed E-state index contributed by atoms with van der Waals surface area (Å²) in [4.78, 5) is 0.165. The molecule has 0 amide bonds. The van der Waals surface area contributed by atoms with Crippen LogP contribution < -0.4 is 10.5 Å². The highest BCUT2D eigenvalue weighted by molar-refractivity contribution is 7.89. The first kappa shape index (κ1) is 9.48. The van der Waals surface area contributed by atoms with Crippen LogP contribution >= 0.6 is 0 Å². The van der Waals surface area contributed by atoms with E-state index in [1.54, 1.807) is 12.1 Å². The van der Waals surface area contributed by atoms with Crippen molar-refractivity contribution in [2.45, 2.75) is 24.3 Å². The summed E-state index contributed by atoms with van der Waals surface area (Å²) in [6.45, 7) is 2.05. The SMILES string of the molecule is C[C@@H]1Cc2ccc(S(N)(=O)=O)cc2N1. The lowest BCUT2D eigenvalue weighted by Gasteiger charge is -2.03. The summed E-state index contributed by atoms with van der Waals surface area (Å²) in [7, 11) is -3.58. The minimum atomic E-state index is -3.58. The fourth-order valence-electron chi connectivity index (χ4n) is 1.69. The number of nitrogens with one attached hydrogen (secondary N) is 1. The van der Waals surface area contributed by atoms with Gasteiger partial charge in [0.15, 0.2) is 0 Å². The first-order chi connectivity index (χ1) is 6.47. The van der Waals surface area contributed by atoms with Gasteiger partial charge in [-0.3, -0.25) is 0 Å². The van der Waals surface area contributed by atoms with Crippen molar-refractivity contribution in [3.05, 3.63) is 23.8 Å². The third-order valence-corrected chi connectivity index (χ3v) is 3.25. The number of hydrogen-bond donors (Lipinski definition) is 2. The maximum Gasteiger partial charge on any atom is 0.238 e. The molecule has 0 saturated carbocycles. The predicted octanol–water partition coefficient (Wildman–Crippen LogP) is 0.691. The average Bonchev–Trinajstić information content (AvgIpc) is 2.41. The van der Waals surface area contributed by atoms with E-state index in [-0.39, 0.29) is 4.90 Å². The van der Waals surface area contributed by atoms with Crippen LogP contribution in [0.4, 0.5) is 5.69 Å². The van der Waals surface area contributed by atoms with Gasteiger partial charge in [0.2, 0.25) is 10.0 Å². The van der Waals surface area contributed by atoms with Crippen molar-refractivity contribution in [3.63, 3.8) is 0 Å². The zero-order valence-corrected chi connectivity index (χ0v) is 8.64. The summed E-state index contributed by atoms with van der Waals surface area (Å²) in [6, 6.07) is 5.31. The minimum Gasteiger partial charge on any atom is -0.382 e. The molecule has 0 radical (unpaired) electrons. The lowest BCUT2D eigenvalue weighted by atomic mass is 10.1. The first-order valence-corrected chi connectivity index (χ1v) is 5.94. The molecule has 1 aromatic carbocycles. The van der Waals surface area contributed by atoms with Gasteiger partial charge in [0, 0.05) is 11.7 Å². The van der Waals surface area contributed by atoms with E-state index >= 15 is 0 Å². The van der Waals surface area contributed by atoms with Crippen molar-refractivity contribution in [2.75, 3.05) is 5.32 Å². The molecule has 0 fully saturated rings. The summed E-state index contributed by atoms with van der Waals surface area (Å²) >= 11 is 0. The summed E-state index contributed by atoms with van der Waals surface area (Å²) in [5, 5.41) is 8.22. The van der Waals surface area contributed by atoms with Crippen molar-refractivity contribution in [1.82, 2.24) is 0 Å². The fraction of sp³-hybridized carbons (Fsp3) is 0.333. The number of primary sulfonamides is 1. The molecule has 0 spiro atoms. The second kappa shape index (κ2) is 2.96. The van der Waals surface area contributed by atoms with E-state index in [9.17, 15) is 8.42 Å². The second-order valence-corrected chi connectivity index (χ2v) is 5.17. The number of benzene rings is 1. The van der Waals surface area contributed by atoms with Gasteiger partial charge >= 0.3 is 0 Å². The molecule has 14 heavy (non-hydrogen) atoms. The van der Waals surface area contributed by atoms with Gasteiger partial charge in [-0.2, -0.15) is 0 Å². The normalized spacial score (nSPS) is 20.3. The number of anilines is 1. The number of rotatable bonds is 1. The average molecular weight is 212 g/mol. The van der Waals surface area contributed by atoms with Gasteiger partial charge < -0.3 is 5.32 Å². The highest BCUT2D eigenvalue weighted by Crippen LogP contribution is 2.27. The maximum atomic E-state index is 11.1. The van der Waals surface area contributed by atoms with Crippen LogP contribution in [0, 0.1) is 0 Å². The Hall–Kier alpha value is -1.07.